The molecular weight excluding hydrogens is 342 g/mol. The Morgan fingerprint density at radius 2 is 2.00 bits per heavy atom. The van der Waals surface area contributed by atoms with E-state index in [1.54, 1.807) is 11.7 Å². The first-order valence-electron chi connectivity index (χ1n) is 9.13. The Morgan fingerprint density at radius 1 is 1.30 bits per heavy atom. The minimum atomic E-state index is 0.0777. The lowest BCUT2D eigenvalue weighted by atomic mass is 10.1. The molecule has 0 radical (unpaired) electrons. The molecule has 8 heteroatoms. The molecule has 146 valence electrons. The molecule has 0 aliphatic rings. The number of nitrogens with one attached hydrogen (secondary N) is 1. The number of aromatic nitrogens is 2. The molecule has 6 N–H and O–H groups in total. The first kappa shape index (κ1) is 20.3. The van der Waals surface area contributed by atoms with Gasteiger partial charge in [0.1, 0.15) is 5.69 Å². The maximum absolute atomic E-state index is 10.8. The quantitative estimate of drug-likeness (QED) is 0.306. The zero-order valence-electron chi connectivity index (χ0n) is 16.2. The number of imidazole rings is 1. The predicted molar refractivity (Wildman–Crippen MR) is 110 cm³/mol. The van der Waals surface area contributed by atoms with Crippen molar-refractivity contribution < 1.29 is 5.11 Å². The summed E-state index contributed by atoms with van der Waals surface area (Å²) in [7, 11) is 1.72. The van der Waals surface area contributed by atoms with E-state index in [2.05, 4.69) is 22.3 Å². The van der Waals surface area contributed by atoms with Crippen LogP contribution in [0.5, 0.6) is 5.88 Å². The zero-order chi connectivity index (χ0) is 19.8. The van der Waals surface area contributed by atoms with Crippen LogP contribution in [0, 0.1) is 0 Å². The molecule has 0 unspecified atom stereocenters. The monoisotopic (exact) mass is 371 g/mol. The van der Waals surface area contributed by atoms with Gasteiger partial charge in [-0.1, -0.05) is 32.0 Å². The average molecular weight is 371 g/mol. The third-order valence-corrected chi connectivity index (χ3v) is 4.37. The van der Waals surface area contributed by atoms with E-state index >= 15 is 0 Å². The second kappa shape index (κ2) is 9.61. The highest BCUT2D eigenvalue weighted by molar-refractivity contribution is 5.98. The molecule has 1 atom stereocenters. The normalized spacial score (nSPS) is 12.6. The summed E-state index contributed by atoms with van der Waals surface area (Å²) in [5.74, 6) is 0.906. The van der Waals surface area contributed by atoms with Gasteiger partial charge in [0.25, 0.3) is 0 Å². The number of nitrogens with zero attached hydrogens (tertiary/aromatic N) is 4. The minimum Gasteiger partial charge on any atom is -0.492 e. The van der Waals surface area contributed by atoms with Crippen LogP contribution < -0.4 is 16.9 Å². The Hall–Kier alpha value is -3.03. The number of hydrogen-bond acceptors (Lipinski definition) is 5. The predicted octanol–water partition coefficient (Wildman–Crippen LogP) is 2.45. The molecule has 0 aliphatic carbocycles. The largest absolute Gasteiger partial charge is 0.492 e. The molecule has 0 bridgehead atoms. The highest BCUT2D eigenvalue weighted by Crippen LogP contribution is 2.29. The fraction of sp³-hybridized carbons (Fsp3) is 0.421. The third kappa shape index (κ3) is 5.22. The second-order valence-electron chi connectivity index (χ2n) is 6.35. The van der Waals surface area contributed by atoms with E-state index in [1.807, 2.05) is 37.3 Å². The second-order valence-corrected chi connectivity index (χ2v) is 6.35. The molecule has 0 aliphatic heterocycles. The highest BCUT2D eigenvalue weighted by Gasteiger charge is 2.23. The van der Waals surface area contributed by atoms with Crippen molar-refractivity contribution in [2.45, 2.75) is 39.0 Å². The molecular formula is C19H29N7O. The maximum Gasteiger partial charge on any atom is 0.234 e. The number of aromatic hydroxyl groups is 1. The van der Waals surface area contributed by atoms with Gasteiger partial charge in [0.15, 0.2) is 11.8 Å². The van der Waals surface area contributed by atoms with Gasteiger partial charge >= 0.3 is 0 Å². The van der Waals surface area contributed by atoms with Crippen LogP contribution in [-0.4, -0.2) is 40.0 Å². The van der Waals surface area contributed by atoms with Crippen LogP contribution in [0.3, 0.4) is 0 Å². The number of para-hydroxylation sites is 1. The molecule has 2 aromatic rings. The summed E-state index contributed by atoms with van der Waals surface area (Å²) in [4.78, 5) is 13.1. The van der Waals surface area contributed by atoms with Gasteiger partial charge < -0.3 is 16.6 Å². The molecule has 0 amide bonds. The lowest BCUT2D eigenvalue weighted by molar-refractivity contribution is 0.424. The molecule has 0 fully saturated rings. The lowest BCUT2D eigenvalue weighted by Crippen LogP contribution is -2.23. The van der Waals surface area contributed by atoms with E-state index in [9.17, 15) is 5.11 Å². The Morgan fingerprint density at radius 3 is 2.59 bits per heavy atom. The van der Waals surface area contributed by atoms with E-state index in [0.717, 1.165) is 24.2 Å². The van der Waals surface area contributed by atoms with E-state index in [-0.39, 0.29) is 17.8 Å². The fourth-order valence-electron chi connectivity index (χ4n) is 2.67. The summed E-state index contributed by atoms with van der Waals surface area (Å²) in [6.45, 7) is 4.62. The van der Waals surface area contributed by atoms with Crippen LogP contribution in [0.15, 0.2) is 40.3 Å². The standard InChI is InChI=1S/C19H29N7O/c1-4-13(2)16-18(27)26(25-14-9-6-5-7-10-14)17(24-16)15(22-3)11-8-12-23-19(20)21/h5-7,9-10,13,25,27H,4,8,11-12H2,1-3H3,(H4,20,21,23)/t13-/m0/s1. The Labute approximate surface area is 160 Å². The van der Waals surface area contributed by atoms with Crippen LogP contribution >= 0.6 is 0 Å². The summed E-state index contributed by atoms with van der Waals surface area (Å²) in [6, 6.07) is 9.64. The smallest absolute Gasteiger partial charge is 0.234 e. The third-order valence-electron chi connectivity index (χ3n) is 4.37. The topological polar surface area (TPSA) is 127 Å². The van der Waals surface area contributed by atoms with Crippen molar-refractivity contribution in [1.29, 1.82) is 0 Å². The van der Waals surface area contributed by atoms with Gasteiger partial charge in [0.2, 0.25) is 5.88 Å². The van der Waals surface area contributed by atoms with Crippen molar-refractivity contribution in [2.24, 2.45) is 21.5 Å². The zero-order valence-corrected chi connectivity index (χ0v) is 16.2. The minimum absolute atomic E-state index is 0.0777. The Bertz CT molecular complexity index is 792. The summed E-state index contributed by atoms with van der Waals surface area (Å²) < 4.78 is 1.60. The van der Waals surface area contributed by atoms with Crippen LogP contribution in [0.2, 0.25) is 0 Å². The number of nitrogens with two attached hydrogens (primary N) is 2. The van der Waals surface area contributed by atoms with Crippen LogP contribution in [-0.2, 0) is 0 Å². The van der Waals surface area contributed by atoms with Gasteiger partial charge in [0, 0.05) is 19.5 Å². The van der Waals surface area contributed by atoms with E-state index < -0.39 is 0 Å². The Kier molecular flexibility index (Phi) is 7.22. The number of guanidine groups is 1. The van der Waals surface area contributed by atoms with Crippen molar-refractivity contribution in [1.82, 2.24) is 9.66 Å². The number of hydrogen-bond donors (Lipinski definition) is 4. The molecule has 8 nitrogen and oxygen atoms in total. The van der Waals surface area contributed by atoms with Crippen molar-refractivity contribution in [3.63, 3.8) is 0 Å². The highest BCUT2D eigenvalue weighted by atomic mass is 16.3. The lowest BCUT2D eigenvalue weighted by Gasteiger charge is -2.13. The van der Waals surface area contributed by atoms with Gasteiger partial charge in [-0.2, -0.15) is 0 Å². The van der Waals surface area contributed by atoms with Gasteiger partial charge in [-0.05, 0) is 31.4 Å². The molecule has 1 aromatic carbocycles. The van der Waals surface area contributed by atoms with Gasteiger partial charge in [0.05, 0.1) is 11.4 Å². The van der Waals surface area contributed by atoms with Crippen molar-refractivity contribution in [2.75, 3.05) is 19.0 Å². The molecule has 1 heterocycles. The Balaban J connectivity index is 2.35. The van der Waals surface area contributed by atoms with Gasteiger partial charge in [-0.3, -0.25) is 15.4 Å². The molecule has 2 rings (SSSR count). The van der Waals surface area contributed by atoms with E-state index in [4.69, 9.17) is 16.5 Å². The number of rotatable bonds is 9. The van der Waals surface area contributed by atoms with Crippen LogP contribution in [0.4, 0.5) is 5.69 Å². The summed E-state index contributed by atoms with van der Waals surface area (Å²) >= 11 is 0. The first-order chi connectivity index (χ1) is 13.0. The number of anilines is 1. The summed E-state index contributed by atoms with van der Waals surface area (Å²) in [6.07, 6.45) is 2.24. The number of aliphatic imine (C=N–C) groups is 2. The van der Waals surface area contributed by atoms with Crippen LogP contribution in [0.25, 0.3) is 0 Å². The van der Waals surface area contributed by atoms with Crippen LogP contribution in [0.1, 0.15) is 50.5 Å². The summed E-state index contributed by atoms with van der Waals surface area (Å²) in [5, 5.41) is 10.8. The maximum atomic E-state index is 10.8. The van der Waals surface area contributed by atoms with Crippen molar-refractivity contribution in [3.8, 4) is 5.88 Å². The van der Waals surface area contributed by atoms with E-state index in [0.29, 0.717) is 24.5 Å². The average Bonchev–Trinajstić information content (AvgIpc) is 2.98. The SMILES string of the molecule is CC[C@H](C)c1nc(C(CCCN=C(N)N)=NC)n(Nc2ccccc2)c1O. The summed E-state index contributed by atoms with van der Waals surface area (Å²) in [5.41, 5.74) is 16.2. The van der Waals surface area contributed by atoms with Gasteiger partial charge in [-0.15, -0.1) is 0 Å². The molecule has 27 heavy (non-hydrogen) atoms. The van der Waals surface area contributed by atoms with Crippen molar-refractivity contribution in [3.05, 3.63) is 41.9 Å². The van der Waals surface area contributed by atoms with Gasteiger partial charge in [-0.25, -0.2) is 9.66 Å². The first-order valence-corrected chi connectivity index (χ1v) is 9.13. The van der Waals surface area contributed by atoms with Crippen molar-refractivity contribution >= 4 is 17.4 Å². The molecule has 0 saturated carbocycles. The number of benzene rings is 1. The fourth-order valence-corrected chi connectivity index (χ4v) is 2.67. The molecule has 0 saturated heterocycles. The van der Waals surface area contributed by atoms with E-state index in [1.165, 1.54) is 0 Å². The molecule has 1 aromatic heterocycles. The molecule has 0 spiro atoms.